The predicted octanol–water partition coefficient (Wildman–Crippen LogP) is 2.77. The number of benzene rings is 2. The molecule has 0 saturated heterocycles. The molecule has 0 saturated carbocycles. The fourth-order valence-corrected chi connectivity index (χ4v) is 2.82. The number of anilines is 1. The van der Waals surface area contributed by atoms with Crippen LogP contribution in [0, 0.1) is 5.82 Å². The van der Waals surface area contributed by atoms with Crippen molar-refractivity contribution < 1.29 is 13.9 Å². The highest BCUT2D eigenvalue weighted by atomic mass is 19.1. The molecule has 1 atom stereocenters. The van der Waals surface area contributed by atoms with E-state index in [-0.39, 0.29) is 11.7 Å². The number of fused-ring (bicyclic) bond motifs is 1. The molecule has 1 unspecified atom stereocenters. The average Bonchev–Trinajstić information content (AvgIpc) is 2.53. The van der Waals surface area contributed by atoms with Crippen molar-refractivity contribution in [3.63, 3.8) is 0 Å². The number of carbonyl (C=O) groups excluding carboxylic acids is 1. The minimum absolute atomic E-state index is 0.0763. The first-order valence-corrected chi connectivity index (χ1v) is 7.11. The minimum atomic E-state index is -0.584. The second kappa shape index (κ2) is 5.77. The van der Waals surface area contributed by atoms with E-state index < -0.39 is 6.04 Å². The Morgan fingerprint density at radius 2 is 2.00 bits per heavy atom. The number of amides is 1. The van der Waals surface area contributed by atoms with Gasteiger partial charge in [0.15, 0.2) is 0 Å². The van der Waals surface area contributed by atoms with Crippen molar-refractivity contribution in [2.75, 3.05) is 12.4 Å². The molecule has 2 aromatic rings. The Kier molecular flexibility index (Phi) is 3.81. The van der Waals surface area contributed by atoms with Crippen LogP contribution in [0.25, 0.3) is 0 Å². The summed E-state index contributed by atoms with van der Waals surface area (Å²) in [4.78, 5) is 11.7. The lowest BCUT2D eigenvalue weighted by Crippen LogP contribution is -2.24. The highest BCUT2D eigenvalue weighted by Crippen LogP contribution is 2.36. The lowest BCUT2D eigenvalue weighted by molar-refractivity contribution is -0.116. The zero-order chi connectivity index (χ0) is 15.7. The molecule has 0 aliphatic carbocycles. The highest BCUT2D eigenvalue weighted by molar-refractivity contribution is 5.95. The number of para-hydroxylation sites is 1. The van der Waals surface area contributed by atoms with E-state index in [9.17, 15) is 9.18 Å². The van der Waals surface area contributed by atoms with Gasteiger partial charge in [0, 0.05) is 23.2 Å². The van der Waals surface area contributed by atoms with E-state index in [0.29, 0.717) is 29.8 Å². The predicted molar refractivity (Wildman–Crippen MR) is 82.4 cm³/mol. The number of hydrogen-bond donors (Lipinski definition) is 2. The van der Waals surface area contributed by atoms with Crippen LogP contribution in [0.2, 0.25) is 0 Å². The van der Waals surface area contributed by atoms with E-state index in [1.807, 2.05) is 18.2 Å². The van der Waals surface area contributed by atoms with Gasteiger partial charge in [-0.3, -0.25) is 4.79 Å². The molecule has 0 fully saturated rings. The van der Waals surface area contributed by atoms with E-state index in [2.05, 4.69) is 5.32 Å². The fourth-order valence-electron chi connectivity index (χ4n) is 2.82. The Balaban J connectivity index is 2.11. The van der Waals surface area contributed by atoms with Gasteiger partial charge in [0.1, 0.15) is 11.6 Å². The Morgan fingerprint density at radius 1 is 1.23 bits per heavy atom. The molecule has 1 heterocycles. The van der Waals surface area contributed by atoms with Crippen molar-refractivity contribution in [3.05, 3.63) is 58.9 Å². The van der Waals surface area contributed by atoms with Gasteiger partial charge in [-0.15, -0.1) is 0 Å². The standard InChI is InChI=1S/C17H17FN2O2/c1-22-14-5-3-2-4-12(14)16(19)13-9-11(18)8-10-6-7-15(21)20-17(10)13/h2-5,8-9,16H,6-7,19H2,1H3,(H,20,21). The lowest BCUT2D eigenvalue weighted by atomic mass is 9.91. The van der Waals surface area contributed by atoms with E-state index in [0.717, 1.165) is 11.1 Å². The van der Waals surface area contributed by atoms with Crippen LogP contribution in [0.3, 0.4) is 0 Å². The maximum absolute atomic E-state index is 13.9. The Bertz CT molecular complexity index is 731. The summed E-state index contributed by atoms with van der Waals surface area (Å²) in [7, 11) is 1.56. The molecule has 1 aliphatic rings. The molecule has 2 aromatic carbocycles. The van der Waals surface area contributed by atoms with Crippen LogP contribution in [0.5, 0.6) is 5.75 Å². The average molecular weight is 300 g/mol. The van der Waals surface area contributed by atoms with Crippen LogP contribution in [0.15, 0.2) is 36.4 Å². The summed E-state index contributed by atoms with van der Waals surface area (Å²) >= 11 is 0. The van der Waals surface area contributed by atoms with Gasteiger partial charge in [0.05, 0.1) is 13.2 Å². The third kappa shape index (κ3) is 2.55. The lowest BCUT2D eigenvalue weighted by Gasteiger charge is -2.24. The number of ether oxygens (including phenoxy) is 1. The monoisotopic (exact) mass is 300 g/mol. The summed E-state index contributed by atoms with van der Waals surface area (Å²) in [6.45, 7) is 0. The molecule has 1 amide bonds. The third-order valence-electron chi connectivity index (χ3n) is 3.91. The number of aryl methyl sites for hydroxylation is 1. The molecule has 5 heteroatoms. The molecule has 0 bridgehead atoms. The molecule has 0 aromatic heterocycles. The van der Waals surface area contributed by atoms with Gasteiger partial charge in [-0.2, -0.15) is 0 Å². The van der Waals surface area contributed by atoms with Gasteiger partial charge in [-0.1, -0.05) is 18.2 Å². The fraction of sp³-hybridized carbons (Fsp3) is 0.235. The maximum atomic E-state index is 13.9. The summed E-state index contributed by atoms with van der Waals surface area (Å²) in [5, 5.41) is 2.82. The van der Waals surface area contributed by atoms with Crippen LogP contribution in [-0.2, 0) is 11.2 Å². The van der Waals surface area contributed by atoms with Crippen molar-refractivity contribution in [1.29, 1.82) is 0 Å². The Morgan fingerprint density at radius 3 is 2.77 bits per heavy atom. The van der Waals surface area contributed by atoms with Gasteiger partial charge in [-0.25, -0.2) is 4.39 Å². The number of carbonyl (C=O) groups is 1. The highest BCUT2D eigenvalue weighted by Gasteiger charge is 2.24. The van der Waals surface area contributed by atoms with Gasteiger partial charge >= 0.3 is 0 Å². The number of nitrogens with one attached hydrogen (secondary N) is 1. The number of nitrogens with two attached hydrogens (primary N) is 1. The summed E-state index contributed by atoms with van der Waals surface area (Å²) in [6.07, 6.45) is 0.879. The quantitative estimate of drug-likeness (QED) is 0.916. The number of halogens is 1. The van der Waals surface area contributed by atoms with E-state index in [4.69, 9.17) is 10.5 Å². The van der Waals surface area contributed by atoms with E-state index in [1.54, 1.807) is 13.2 Å². The van der Waals surface area contributed by atoms with Gasteiger partial charge < -0.3 is 15.8 Å². The molecule has 4 nitrogen and oxygen atoms in total. The minimum Gasteiger partial charge on any atom is -0.496 e. The Labute approximate surface area is 128 Å². The third-order valence-corrected chi connectivity index (χ3v) is 3.91. The first-order valence-electron chi connectivity index (χ1n) is 7.11. The molecule has 0 radical (unpaired) electrons. The molecular weight excluding hydrogens is 283 g/mol. The van der Waals surface area contributed by atoms with E-state index in [1.165, 1.54) is 12.1 Å². The van der Waals surface area contributed by atoms with Crippen molar-refractivity contribution in [3.8, 4) is 5.75 Å². The SMILES string of the molecule is COc1ccccc1C(N)c1cc(F)cc2c1NC(=O)CC2. The van der Waals surface area contributed by atoms with Gasteiger partial charge in [0.25, 0.3) is 0 Å². The van der Waals surface area contributed by atoms with E-state index >= 15 is 0 Å². The molecule has 3 N–H and O–H groups in total. The molecule has 0 spiro atoms. The Hall–Kier alpha value is -2.40. The molecule has 22 heavy (non-hydrogen) atoms. The molecule has 114 valence electrons. The van der Waals surface area contributed by atoms with Gasteiger partial charge in [-0.05, 0) is 30.2 Å². The van der Waals surface area contributed by atoms with Crippen LogP contribution in [-0.4, -0.2) is 13.0 Å². The number of hydrogen-bond acceptors (Lipinski definition) is 3. The summed E-state index contributed by atoms with van der Waals surface area (Å²) in [5.74, 6) is 0.206. The molecule has 1 aliphatic heterocycles. The smallest absolute Gasteiger partial charge is 0.224 e. The van der Waals surface area contributed by atoms with Crippen molar-refractivity contribution in [1.82, 2.24) is 0 Å². The van der Waals surface area contributed by atoms with Crippen LogP contribution in [0.1, 0.15) is 29.2 Å². The summed E-state index contributed by atoms with van der Waals surface area (Å²) in [6, 6.07) is 9.58. The second-order valence-electron chi connectivity index (χ2n) is 5.30. The summed E-state index contributed by atoms with van der Waals surface area (Å²) in [5.41, 5.74) is 9.04. The maximum Gasteiger partial charge on any atom is 0.224 e. The largest absolute Gasteiger partial charge is 0.496 e. The first-order chi connectivity index (χ1) is 10.6. The van der Waals surface area contributed by atoms with Crippen molar-refractivity contribution in [2.45, 2.75) is 18.9 Å². The van der Waals surface area contributed by atoms with Crippen LogP contribution >= 0.6 is 0 Å². The van der Waals surface area contributed by atoms with Crippen molar-refractivity contribution in [2.24, 2.45) is 5.73 Å². The molecular formula is C17H17FN2O2. The molecule has 3 rings (SSSR count). The second-order valence-corrected chi connectivity index (χ2v) is 5.30. The first kappa shape index (κ1) is 14.5. The summed E-state index contributed by atoms with van der Waals surface area (Å²) < 4.78 is 19.2. The normalized spacial score (nSPS) is 15.0. The topological polar surface area (TPSA) is 64.3 Å². The van der Waals surface area contributed by atoms with Crippen molar-refractivity contribution >= 4 is 11.6 Å². The number of rotatable bonds is 3. The van der Waals surface area contributed by atoms with Gasteiger partial charge in [0.2, 0.25) is 5.91 Å². The zero-order valence-corrected chi connectivity index (χ0v) is 12.2. The number of methoxy groups -OCH3 is 1. The van der Waals surface area contributed by atoms with Crippen LogP contribution in [0.4, 0.5) is 10.1 Å². The van der Waals surface area contributed by atoms with Crippen LogP contribution < -0.4 is 15.8 Å². The zero-order valence-electron chi connectivity index (χ0n) is 12.2.